The predicted octanol–water partition coefficient (Wildman–Crippen LogP) is 3.32. The minimum atomic E-state index is -0.241. The van der Waals surface area contributed by atoms with Crippen molar-refractivity contribution in [1.82, 2.24) is 0 Å². The summed E-state index contributed by atoms with van der Waals surface area (Å²) in [5.41, 5.74) is 2.22. The molecule has 4 nitrogen and oxygen atoms in total. The van der Waals surface area contributed by atoms with Crippen LogP contribution in [0, 0.1) is 3.57 Å². The van der Waals surface area contributed by atoms with E-state index < -0.39 is 0 Å². The summed E-state index contributed by atoms with van der Waals surface area (Å²) in [5.74, 6) is -0.129. The Labute approximate surface area is 131 Å². The van der Waals surface area contributed by atoms with Gasteiger partial charge in [0, 0.05) is 31.0 Å². The number of hydrogen-bond donors (Lipinski definition) is 2. The molecular weight excluding hydrogens is 367 g/mol. The van der Waals surface area contributed by atoms with Gasteiger partial charge in [-0.15, -0.1) is 0 Å². The molecule has 0 aliphatic carbocycles. The molecule has 0 heterocycles. The fraction of sp³-hybridized carbons (Fsp3) is 0.133. The van der Waals surface area contributed by atoms with Gasteiger partial charge in [0.15, 0.2) is 0 Å². The second kappa shape index (κ2) is 6.13. The quantitative estimate of drug-likeness (QED) is 0.801. The number of amides is 1. The van der Waals surface area contributed by atoms with Gasteiger partial charge in [0.25, 0.3) is 5.91 Å². The Morgan fingerprint density at radius 1 is 1.15 bits per heavy atom. The lowest BCUT2D eigenvalue weighted by Crippen LogP contribution is -2.12. The van der Waals surface area contributed by atoms with Crippen molar-refractivity contribution in [3.05, 3.63) is 51.6 Å². The third kappa shape index (κ3) is 3.41. The summed E-state index contributed by atoms with van der Waals surface area (Å²) in [6.07, 6.45) is 0. The standard InChI is InChI=1S/C15H15IN2O2/c1-18(2)12-6-4-11(5-7-12)17-15(20)10-3-8-13(16)14(19)9-10/h3-9,19H,1-2H3,(H,17,20). The summed E-state index contributed by atoms with van der Waals surface area (Å²) in [6.45, 7) is 0. The molecule has 0 saturated carbocycles. The lowest BCUT2D eigenvalue weighted by Gasteiger charge is -2.13. The van der Waals surface area contributed by atoms with Crippen LogP contribution in [0.25, 0.3) is 0 Å². The van der Waals surface area contributed by atoms with Crippen LogP contribution in [0.15, 0.2) is 42.5 Å². The Hall–Kier alpha value is -1.76. The van der Waals surface area contributed by atoms with Crippen LogP contribution in [-0.4, -0.2) is 25.1 Å². The lowest BCUT2D eigenvalue weighted by molar-refractivity contribution is 0.102. The molecule has 0 aliphatic rings. The van der Waals surface area contributed by atoms with Gasteiger partial charge >= 0.3 is 0 Å². The maximum Gasteiger partial charge on any atom is 0.255 e. The molecule has 0 fully saturated rings. The molecule has 2 aromatic rings. The zero-order chi connectivity index (χ0) is 14.7. The molecule has 2 aromatic carbocycles. The van der Waals surface area contributed by atoms with E-state index in [1.807, 2.05) is 65.9 Å². The number of anilines is 2. The highest BCUT2D eigenvalue weighted by Gasteiger charge is 2.08. The normalized spacial score (nSPS) is 10.2. The van der Waals surface area contributed by atoms with Crippen LogP contribution in [0.5, 0.6) is 5.75 Å². The predicted molar refractivity (Wildman–Crippen MR) is 89.5 cm³/mol. The number of halogens is 1. The first kappa shape index (κ1) is 14.6. The number of rotatable bonds is 3. The number of aromatic hydroxyl groups is 1. The summed E-state index contributed by atoms with van der Waals surface area (Å²) >= 11 is 2.01. The van der Waals surface area contributed by atoms with Gasteiger partial charge in [0.2, 0.25) is 0 Å². The summed E-state index contributed by atoms with van der Waals surface area (Å²) in [4.78, 5) is 14.1. The van der Waals surface area contributed by atoms with Crippen molar-refractivity contribution < 1.29 is 9.90 Å². The van der Waals surface area contributed by atoms with E-state index in [1.165, 1.54) is 6.07 Å². The van der Waals surface area contributed by atoms with Crippen LogP contribution >= 0.6 is 22.6 Å². The maximum absolute atomic E-state index is 12.1. The van der Waals surface area contributed by atoms with E-state index in [0.29, 0.717) is 5.56 Å². The molecule has 0 bridgehead atoms. The van der Waals surface area contributed by atoms with E-state index in [-0.39, 0.29) is 11.7 Å². The first-order valence-corrected chi connectivity index (χ1v) is 7.12. The third-order valence-corrected chi connectivity index (χ3v) is 3.76. The van der Waals surface area contributed by atoms with Crippen LogP contribution in [0.2, 0.25) is 0 Å². The van der Waals surface area contributed by atoms with Crippen molar-refractivity contribution in [3.8, 4) is 5.75 Å². The average molecular weight is 382 g/mol. The fourth-order valence-electron chi connectivity index (χ4n) is 1.70. The zero-order valence-electron chi connectivity index (χ0n) is 11.2. The topological polar surface area (TPSA) is 52.6 Å². The van der Waals surface area contributed by atoms with Crippen molar-refractivity contribution >= 4 is 39.9 Å². The number of carbonyl (C=O) groups is 1. The Balaban J connectivity index is 2.12. The summed E-state index contributed by atoms with van der Waals surface area (Å²) in [7, 11) is 3.92. The minimum absolute atomic E-state index is 0.112. The average Bonchev–Trinajstić information content (AvgIpc) is 2.42. The first-order chi connectivity index (χ1) is 9.47. The molecule has 1 amide bonds. The molecule has 5 heteroatoms. The summed E-state index contributed by atoms with van der Waals surface area (Å²) < 4.78 is 0.717. The van der Waals surface area contributed by atoms with Gasteiger partial charge in [-0.1, -0.05) is 0 Å². The molecule has 0 radical (unpaired) electrons. The summed E-state index contributed by atoms with van der Waals surface area (Å²) in [5, 5.41) is 12.4. The Morgan fingerprint density at radius 3 is 2.35 bits per heavy atom. The highest BCUT2D eigenvalue weighted by molar-refractivity contribution is 14.1. The Kier molecular flexibility index (Phi) is 4.49. The molecule has 104 valence electrons. The smallest absolute Gasteiger partial charge is 0.255 e. The van der Waals surface area contributed by atoms with Gasteiger partial charge < -0.3 is 15.3 Å². The van der Waals surface area contributed by atoms with Crippen molar-refractivity contribution in [2.24, 2.45) is 0 Å². The van der Waals surface area contributed by atoms with Crippen molar-refractivity contribution in [1.29, 1.82) is 0 Å². The van der Waals surface area contributed by atoms with E-state index in [1.54, 1.807) is 12.1 Å². The van der Waals surface area contributed by atoms with Crippen molar-refractivity contribution in [2.45, 2.75) is 0 Å². The van der Waals surface area contributed by atoms with E-state index in [2.05, 4.69) is 5.32 Å². The highest BCUT2D eigenvalue weighted by Crippen LogP contribution is 2.21. The number of hydrogen-bond acceptors (Lipinski definition) is 3. The Bertz CT molecular complexity index is 624. The van der Waals surface area contributed by atoms with Gasteiger partial charge in [-0.2, -0.15) is 0 Å². The van der Waals surface area contributed by atoms with Gasteiger partial charge in [0.05, 0.1) is 3.57 Å². The van der Waals surface area contributed by atoms with Crippen LogP contribution in [0.1, 0.15) is 10.4 Å². The van der Waals surface area contributed by atoms with Crippen LogP contribution < -0.4 is 10.2 Å². The molecule has 0 spiro atoms. The van der Waals surface area contributed by atoms with Crippen LogP contribution in [0.3, 0.4) is 0 Å². The van der Waals surface area contributed by atoms with Crippen LogP contribution in [-0.2, 0) is 0 Å². The van der Waals surface area contributed by atoms with E-state index in [4.69, 9.17) is 0 Å². The van der Waals surface area contributed by atoms with Gasteiger partial charge in [-0.25, -0.2) is 0 Å². The molecule has 0 aliphatic heterocycles. The monoisotopic (exact) mass is 382 g/mol. The van der Waals surface area contributed by atoms with Crippen molar-refractivity contribution in [2.75, 3.05) is 24.3 Å². The minimum Gasteiger partial charge on any atom is -0.507 e. The molecular formula is C15H15IN2O2. The number of phenolic OH excluding ortho intramolecular Hbond substituents is 1. The second-order valence-electron chi connectivity index (χ2n) is 4.56. The molecule has 2 N–H and O–H groups in total. The number of benzene rings is 2. The SMILES string of the molecule is CN(C)c1ccc(NC(=O)c2ccc(I)c(O)c2)cc1. The van der Waals surface area contributed by atoms with Crippen LogP contribution in [0.4, 0.5) is 11.4 Å². The van der Waals surface area contributed by atoms with Gasteiger partial charge in [-0.3, -0.25) is 4.79 Å². The van der Waals surface area contributed by atoms with E-state index in [0.717, 1.165) is 14.9 Å². The Morgan fingerprint density at radius 2 is 1.80 bits per heavy atom. The van der Waals surface area contributed by atoms with Crippen molar-refractivity contribution in [3.63, 3.8) is 0 Å². The van der Waals surface area contributed by atoms with Gasteiger partial charge in [-0.05, 0) is 65.1 Å². The highest BCUT2D eigenvalue weighted by atomic mass is 127. The fourth-order valence-corrected chi connectivity index (χ4v) is 2.04. The van der Waals surface area contributed by atoms with Gasteiger partial charge in [0.1, 0.15) is 5.75 Å². The number of nitrogens with one attached hydrogen (secondary N) is 1. The summed E-state index contributed by atoms with van der Waals surface area (Å²) in [6, 6.07) is 12.4. The van der Waals surface area contributed by atoms with E-state index >= 15 is 0 Å². The van der Waals surface area contributed by atoms with E-state index in [9.17, 15) is 9.90 Å². The first-order valence-electron chi connectivity index (χ1n) is 6.04. The second-order valence-corrected chi connectivity index (χ2v) is 5.72. The maximum atomic E-state index is 12.1. The largest absolute Gasteiger partial charge is 0.507 e. The molecule has 0 saturated heterocycles. The number of carbonyl (C=O) groups excluding carboxylic acids is 1. The number of phenols is 1. The molecule has 0 aromatic heterocycles. The third-order valence-electron chi connectivity index (χ3n) is 2.85. The molecule has 0 unspecified atom stereocenters. The lowest BCUT2D eigenvalue weighted by atomic mass is 10.2. The molecule has 2 rings (SSSR count). The zero-order valence-corrected chi connectivity index (χ0v) is 13.4. The molecule has 0 atom stereocenters. The molecule has 20 heavy (non-hydrogen) atoms. The number of nitrogens with zero attached hydrogens (tertiary/aromatic N) is 1.